The first-order chi connectivity index (χ1) is 14.1. The fourth-order valence-electron chi connectivity index (χ4n) is 3.90. The van der Waals surface area contributed by atoms with E-state index in [1.807, 2.05) is 59.6 Å². The summed E-state index contributed by atoms with van der Waals surface area (Å²) in [6.45, 7) is 0. The third-order valence-electron chi connectivity index (χ3n) is 5.35. The van der Waals surface area contributed by atoms with Crippen LogP contribution in [0.4, 0.5) is 0 Å². The maximum atomic E-state index is 6.51. The van der Waals surface area contributed by atoms with Gasteiger partial charge in [0.25, 0.3) is 0 Å². The summed E-state index contributed by atoms with van der Waals surface area (Å²) in [5, 5.41) is 8.12. The highest BCUT2D eigenvalue weighted by Gasteiger charge is 2.41. The molecule has 0 radical (unpaired) electrons. The largest absolute Gasteiger partial charge is 0.497 e. The summed E-state index contributed by atoms with van der Waals surface area (Å²) in [6, 6.07) is 21.6. The van der Waals surface area contributed by atoms with Gasteiger partial charge in [0.2, 0.25) is 6.23 Å². The summed E-state index contributed by atoms with van der Waals surface area (Å²) in [6.07, 6.45) is 0.365. The molecule has 0 amide bonds. The number of halogens is 2. The number of hydrogen-bond donors (Lipinski definition) is 0. The van der Waals surface area contributed by atoms with Gasteiger partial charge in [-0.2, -0.15) is 5.10 Å². The number of ether oxygens (including phenoxy) is 2. The van der Waals surface area contributed by atoms with Crippen LogP contribution in [0.15, 0.2) is 71.8 Å². The third-order valence-corrected chi connectivity index (χ3v) is 5.91. The van der Waals surface area contributed by atoms with E-state index in [9.17, 15) is 0 Å². The first-order valence-electron chi connectivity index (χ1n) is 9.35. The Balaban J connectivity index is 1.58. The summed E-state index contributed by atoms with van der Waals surface area (Å²) in [5.74, 6) is 1.68. The minimum Gasteiger partial charge on any atom is -0.497 e. The van der Waals surface area contributed by atoms with Crippen molar-refractivity contribution in [1.82, 2.24) is 5.01 Å². The average molecular weight is 425 g/mol. The van der Waals surface area contributed by atoms with Crippen molar-refractivity contribution in [3.8, 4) is 11.5 Å². The van der Waals surface area contributed by atoms with E-state index in [-0.39, 0.29) is 6.04 Å². The highest BCUT2D eigenvalue weighted by Crippen LogP contribution is 2.48. The Morgan fingerprint density at radius 1 is 1.00 bits per heavy atom. The number of hydrazone groups is 1. The Morgan fingerprint density at radius 3 is 2.55 bits per heavy atom. The maximum Gasteiger partial charge on any atom is 0.215 e. The Kier molecular flexibility index (Phi) is 4.61. The monoisotopic (exact) mass is 424 g/mol. The Morgan fingerprint density at radius 2 is 1.79 bits per heavy atom. The Labute approximate surface area is 179 Å². The fourth-order valence-corrected chi connectivity index (χ4v) is 4.40. The fraction of sp³-hybridized carbons (Fsp3) is 0.174. The Hall–Kier alpha value is -2.69. The van der Waals surface area contributed by atoms with Crippen LogP contribution in [0, 0.1) is 0 Å². The molecule has 0 unspecified atom stereocenters. The molecule has 2 heterocycles. The quantitative estimate of drug-likeness (QED) is 0.498. The first-order valence-corrected chi connectivity index (χ1v) is 10.1. The molecule has 146 valence electrons. The van der Waals surface area contributed by atoms with Gasteiger partial charge in [-0.1, -0.05) is 47.5 Å². The molecule has 5 rings (SSSR count). The molecule has 0 saturated heterocycles. The van der Waals surface area contributed by atoms with Crippen molar-refractivity contribution in [2.24, 2.45) is 5.10 Å². The molecular formula is C23H18Cl2N2O2. The van der Waals surface area contributed by atoms with E-state index < -0.39 is 6.23 Å². The molecule has 0 fully saturated rings. The number of hydrogen-bond acceptors (Lipinski definition) is 4. The topological polar surface area (TPSA) is 34.1 Å². The van der Waals surface area contributed by atoms with Crippen LogP contribution >= 0.6 is 23.2 Å². The molecule has 4 nitrogen and oxygen atoms in total. The number of nitrogens with zero attached hydrogens (tertiary/aromatic N) is 2. The van der Waals surface area contributed by atoms with Crippen LogP contribution in [0.5, 0.6) is 11.5 Å². The van der Waals surface area contributed by atoms with E-state index >= 15 is 0 Å². The molecule has 2 aliphatic rings. The van der Waals surface area contributed by atoms with Gasteiger partial charge in [-0.3, -0.25) is 0 Å². The van der Waals surface area contributed by atoms with Crippen molar-refractivity contribution in [2.45, 2.75) is 18.7 Å². The highest BCUT2D eigenvalue weighted by atomic mass is 35.5. The predicted octanol–water partition coefficient (Wildman–Crippen LogP) is 6.24. The van der Waals surface area contributed by atoms with Gasteiger partial charge in [-0.05, 0) is 48.0 Å². The molecular weight excluding hydrogens is 407 g/mol. The normalized spacial score (nSPS) is 19.8. The summed E-state index contributed by atoms with van der Waals surface area (Å²) >= 11 is 12.6. The maximum absolute atomic E-state index is 6.51. The molecule has 2 aliphatic heterocycles. The van der Waals surface area contributed by atoms with Crippen molar-refractivity contribution in [2.75, 3.05) is 7.11 Å². The molecule has 0 saturated carbocycles. The minimum absolute atomic E-state index is 0.0776. The average Bonchev–Trinajstić information content (AvgIpc) is 3.19. The van der Waals surface area contributed by atoms with Gasteiger partial charge < -0.3 is 9.47 Å². The standard InChI is InChI=1S/C23H18Cl2N2O2/c1-28-16-9-6-14(7-10-16)20-13-21-18-4-2-3-5-22(18)29-23(27(21)26-20)17-11-8-15(24)12-19(17)25/h2-12,21,23H,13H2,1H3/t21-,23-/m0/s1. The molecule has 0 spiro atoms. The number of rotatable bonds is 3. The van der Waals surface area contributed by atoms with Gasteiger partial charge in [0, 0.05) is 22.6 Å². The van der Waals surface area contributed by atoms with Gasteiger partial charge in [0.15, 0.2) is 0 Å². The van der Waals surface area contributed by atoms with Crippen LogP contribution in [0.2, 0.25) is 10.0 Å². The van der Waals surface area contributed by atoms with Crippen molar-refractivity contribution >= 4 is 28.9 Å². The minimum atomic E-state index is -0.421. The van der Waals surface area contributed by atoms with E-state index in [0.717, 1.165) is 40.3 Å². The highest BCUT2D eigenvalue weighted by molar-refractivity contribution is 6.35. The lowest BCUT2D eigenvalue weighted by atomic mass is 9.96. The van der Waals surface area contributed by atoms with Gasteiger partial charge in [0.05, 0.1) is 23.9 Å². The summed E-state index contributed by atoms with van der Waals surface area (Å²) < 4.78 is 11.6. The van der Waals surface area contributed by atoms with E-state index in [4.69, 9.17) is 37.8 Å². The third kappa shape index (κ3) is 3.22. The SMILES string of the molecule is COc1ccc(C2=NN3[C@@H](C2)c2ccccc2O[C@H]3c2ccc(Cl)cc2Cl)cc1. The van der Waals surface area contributed by atoms with E-state index in [1.54, 1.807) is 13.2 Å². The van der Waals surface area contributed by atoms with E-state index in [1.165, 1.54) is 0 Å². The molecule has 0 aromatic heterocycles. The summed E-state index contributed by atoms with van der Waals surface area (Å²) in [7, 11) is 1.66. The van der Waals surface area contributed by atoms with Gasteiger partial charge in [0.1, 0.15) is 11.5 Å². The van der Waals surface area contributed by atoms with Crippen molar-refractivity contribution in [3.63, 3.8) is 0 Å². The van der Waals surface area contributed by atoms with Gasteiger partial charge in [-0.15, -0.1) is 0 Å². The van der Waals surface area contributed by atoms with Crippen LogP contribution < -0.4 is 9.47 Å². The second kappa shape index (κ2) is 7.29. The summed E-state index contributed by atoms with van der Waals surface area (Å²) in [4.78, 5) is 0. The second-order valence-electron chi connectivity index (χ2n) is 7.05. The molecule has 0 aliphatic carbocycles. The number of fused-ring (bicyclic) bond motifs is 3. The first kappa shape index (κ1) is 18.3. The predicted molar refractivity (Wildman–Crippen MR) is 115 cm³/mol. The van der Waals surface area contributed by atoms with E-state index in [2.05, 4.69) is 6.07 Å². The number of methoxy groups -OCH3 is 1. The molecule has 29 heavy (non-hydrogen) atoms. The number of para-hydroxylation sites is 1. The molecule has 0 N–H and O–H groups in total. The smallest absolute Gasteiger partial charge is 0.215 e. The van der Waals surface area contributed by atoms with Crippen LogP contribution in [0.1, 0.15) is 35.4 Å². The van der Waals surface area contributed by atoms with E-state index in [0.29, 0.717) is 10.0 Å². The zero-order valence-electron chi connectivity index (χ0n) is 15.7. The Bertz CT molecular complexity index is 1100. The molecule has 3 aromatic carbocycles. The van der Waals surface area contributed by atoms with Crippen molar-refractivity contribution in [3.05, 3.63) is 93.5 Å². The summed E-state index contributed by atoms with van der Waals surface area (Å²) in [5.41, 5.74) is 4.04. The van der Waals surface area contributed by atoms with Crippen LogP contribution in [-0.4, -0.2) is 17.8 Å². The lowest BCUT2D eigenvalue weighted by molar-refractivity contribution is -0.0189. The molecule has 6 heteroatoms. The van der Waals surface area contributed by atoms with Gasteiger partial charge >= 0.3 is 0 Å². The van der Waals surface area contributed by atoms with Crippen LogP contribution in [-0.2, 0) is 0 Å². The van der Waals surface area contributed by atoms with Crippen molar-refractivity contribution in [1.29, 1.82) is 0 Å². The lowest BCUT2D eigenvalue weighted by Gasteiger charge is -2.38. The zero-order valence-corrected chi connectivity index (χ0v) is 17.2. The molecule has 2 atom stereocenters. The molecule has 0 bridgehead atoms. The zero-order chi connectivity index (χ0) is 20.0. The van der Waals surface area contributed by atoms with Crippen molar-refractivity contribution < 1.29 is 9.47 Å². The second-order valence-corrected chi connectivity index (χ2v) is 7.89. The van der Waals surface area contributed by atoms with Gasteiger partial charge in [-0.25, -0.2) is 5.01 Å². The van der Waals surface area contributed by atoms with Crippen LogP contribution in [0.25, 0.3) is 0 Å². The lowest BCUT2D eigenvalue weighted by Crippen LogP contribution is -2.33. The van der Waals surface area contributed by atoms with Crippen LogP contribution in [0.3, 0.4) is 0 Å². The number of benzene rings is 3. The molecule has 3 aromatic rings.